The number of likely N-dealkylation sites (tertiary alicyclic amines) is 1. The van der Waals surface area contributed by atoms with E-state index in [1.54, 1.807) is 18.2 Å². The van der Waals surface area contributed by atoms with Crippen molar-refractivity contribution in [1.82, 2.24) is 4.90 Å². The summed E-state index contributed by atoms with van der Waals surface area (Å²) in [6, 6.07) is 5.13. The molecule has 6 heteroatoms. The molecule has 0 N–H and O–H groups in total. The van der Waals surface area contributed by atoms with E-state index >= 15 is 0 Å². The minimum atomic E-state index is 0.196. The number of hydrogen-bond donors (Lipinski definition) is 0. The molecule has 0 bridgehead atoms. The van der Waals surface area contributed by atoms with E-state index in [1.165, 1.54) is 0 Å². The number of benzene rings is 1. The summed E-state index contributed by atoms with van der Waals surface area (Å²) in [4.78, 5) is 14.3. The van der Waals surface area contributed by atoms with Crippen LogP contribution in [0.15, 0.2) is 18.2 Å². The fourth-order valence-electron chi connectivity index (χ4n) is 2.87. The number of carbonyl (C=O) groups excluding carboxylic acids is 1. The quantitative estimate of drug-likeness (QED) is 0.632. The Kier molecular flexibility index (Phi) is 8.16. The molecule has 24 heavy (non-hydrogen) atoms. The third-order valence-electron chi connectivity index (χ3n) is 4.12. The van der Waals surface area contributed by atoms with E-state index in [1.807, 2.05) is 11.8 Å². The highest BCUT2D eigenvalue weighted by Gasteiger charge is 2.23. The van der Waals surface area contributed by atoms with Gasteiger partial charge in [-0.05, 0) is 50.3 Å². The lowest BCUT2D eigenvalue weighted by Crippen LogP contribution is -2.41. The molecule has 0 aromatic heterocycles. The van der Waals surface area contributed by atoms with Gasteiger partial charge in [-0.25, -0.2) is 0 Å². The van der Waals surface area contributed by atoms with Gasteiger partial charge in [0.25, 0.3) is 0 Å². The standard InChI is InChI=1S/C18H25Cl2NO3/c1-2-23-13-14-5-3-9-21(12-14)18(22)6-4-10-24-17-8-7-15(19)11-16(17)20/h7-8,11,14H,2-6,9-10,12-13H2,1H3. The Morgan fingerprint density at radius 3 is 2.96 bits per heavy atom. The first-order valence-electron chi connectivity index (χ1n) is 8.53. The second-order valence-electron chi connectivity index (χ2n) is 6.03. The number of carbonyl (C=O) groups is 1. The summed E-state index contributed by atoms with van der Waals surface area (Å²) in [7, 11) is 0. The van der Waals surface area contributed by atoms with Crippen molar-refractivity contribution in [3.05, 3.63) is 28.2 Å². The first kappa shape index (κ1) is 19.4. The van der Waals surface area contributed by atoms with Crippen LogP contribution in [0, 0.1) is 5.92 Å². The van der Waals surface area contributed by atoms with Gasteiger partial charge in [0.1, 0.15) is 5.75 Å². The number of hydrogen-bond acceptors (Lipinski definition) is 3. The number of piperidine rings is 1. The van der Waals surface area contributed by atoms with Crippen LogP contribution in [-0.2, 0) is 9.53 Å². The van der Waals surface area contributed by atoms with E-state index in [0.717, 1.165) is 39.1 Å². The van der Waals surface area contributed by atoms with Gasteiger partial charge in [0.15, 0.2) is 0 Å². The molecule has 1 aliphatic heterocycles. The topological polar surface area (TPSA) is 38.8 Å². The predicted octanol–water partition coefficient (Wildman–Crippen LogP) is 4.43. The van der Waals surface area contributed by atoms with Gasteiger partial charge in [0.2, 0.25) is 5.91 Å². The van der Waals surface area contributed by atoms with Gasteiger partial charge in [0.05, 0.1) is 18.2 Å². The van der Waals surface area contributed by atoms with Crippen LogP contribution < -0.4 is 4.74 Å². The minimum absolute atomic E-state index is 0.196. The largest absolute Gasteiger partial charge is 0.492 e. The van der Waals surface area contributed by atoms with Crippen molar-refractivity contribution in [2.45, 2.75) is 32.6 Å². The summed E-state index contributed by atoms with van der Waals surface area (Å²) in [6.45, 7) is 5.60. The number of halogens is 2. The molecule has 1 amide bonds. The molecule has 1 atom stereocenters. The maximum Gasteiger partial charge on any atom is 0.222 e. The maximum absolute atomic E-state index is 12.3. The molecule has 4 nitrogen and oxygen atoms in total. The Morgan fingerprint density at radius 1 is 1.38 bits per heavy atom. The van der Waals surface area contributed by atoms with Crippen LogP contribution in [0.3, 0.4) is 0 Å². The smallest absolute Gasteiger partial charge is 0.222 e. The molecule has 1 fully saturated rings. The molecule has 0 radical (unpaired) electrons. The molecule has 2 rings (SSSR count). The van der Waals surface area contributed by atoms with E-state index in [2.05, 4.69) is 0 Å². The van der Waals surface area contributed by atoms with Crippen molar-refractivity contribution in [3.63, 3.8) is 0 Å². The van der Waals surface area contributed by atoms with Crippen molar-refractivity contribution in [2.75, 3.05) is 32.9 Å². The molecule has 1 aliphatic rings. The molecule has 0 saturated carbocycles. The fraction of sp³-hybridized carbons (Fsp3) is 0.611. The van der Waals surface area contributed by atoms with Crippen molar-refractivity contribution in [3.8, 4) is 5.75 Å². The fourth-order valence-corrected chi connectivity index (χ4v) is 3.33. The molecular formula is C18H25Cl2NO3. The number of rotatable bonds is 8. The highest BCUT2D eigenvalue weighted by atomic mass is 35.5. The molecule has 1 aromatic carbocycles. The van der Waals surface area contributed by atoms with Gasteiger partial charge in [-0.3, -0.25) is 4.79 Å². The Morgan fingerprint density at radius 2 is 2.21 bits per heavy atom. The zero-order valence-electron chi connectivity index (χ0n) is 14.1. The van der Waals surface area contributed by atoms with Crippen molar-refractivity contribution >= 4 is 29.1 Å². The number of ether oxygens (including phenoxy) is 2. The lowest BCUT2D eigenvalue weighted by molar-refractivity contribution is -0.133. The highest BCUT2D eigenvalue weighted by Crippen LogP contribution is 2.27. The zero-order chi connectivity index (χ0) is 17.4. The van der Waals surface area contributed by atoms with Crippen molar-refractivity contribution < 1.29 is 14.3 Å². The van der Waals surface area contributed by atoms with Crippen LogP contribution in [0.4, 0.5) is 0 Å². The van der Waals surface area contributed by atoms with Gasteiger partial charge >= 0.3 is 0 Å². The molecular weight excluding hydrogens is 349 g/mol. The average molecular weight is 374 g/mol. The van der Waals surface area contributed by atoms with Crippen molar-refractivity contribution in [2.24, 2.45) is 5.92 Å². The third-order valence-corrected chi connectivity index (χ3v) is 4.65. The summed E-state index contributed by atoms with van der Waals surface area (Å²) >= 11 is 11.9. The van der Waals surface area contributed by atoms with Crippen LogP contribution >= 0.6 is 23.2 Å². The maximum atomic E-state index is 12.3. The Bertz CT molecular complexity index is 539. The molecule has 1 unspecified atom stereocenters. The van der Waals surface area contributed by atoms with Gasteiger partial charge in [0, 0.05) is 31.1 Å². The Balaban J connectivity index is 1.69. The first-order chi connectivity index (χ1) is 11.6. The summed E-state index contributed by atoms with van der Waals surface area (Å²) < 4.78 is 11.1. The average Bonchev–Trinajstić information content (AvgIpc) is 2.58. The molecule has 1 heterocycles. The van der Waals surface area contributed by atoms with E-state index in [-0.39, 0.29) is 5.91 Å². The first-order valence-corrected chi connectivity index (χ1v) is 9.29. The summed E-state index contributed by atoms with van der Waals surface area (Å²) in [5.41, 5.74) is 0. The van der Waals surface area contributed by atoms with E-state index in [4.69, 9.17) is 32.7 Å². The summed E-state index contributed by atoms with van der Waals surface area (Å²) in [5, 5.41) is 1.07. The summed E-state index contributed by atoms with van der Waals surface area (Å²) in [5.74, 6) is 1.26. The highest BCUT2D eigenvalue weighted by molar-refractivity contribution is 6.35. The third kappa shape index (κ3) is 6.15. The SMILES string of the molecule is CCOCC1CCCN(C(=O)CCCOc2ccc(Cl)cc2Cl)C1. The minimum Gasteiger partial charge on any atom is -0.492 e. The normalized spacial score (nSPS) is 17.8. The molecule has 1 aromatic rings. The van der Waals surface area contributed by atoms with Crippen LogP contribution in [0.25, 0.3) is 0 Å². The molecule has 0 spiro atoms. The summed E-state index contributed by atoms with van der Waals surface area (Å²) in [6.07, 6.45) is 3.36. The lowest BCUT2D eigenvalue weighted by atomic mass is 9.98. The van der Waals surface area contributed by atoms with Crippen LogP contribution in [-0.4, -0.2) is 43.7 Å². The second-order valence-corrected chi connectivity index (χ2v) is 6.88. The Labute approximate surface area is 154 Å². The van der Waals surface area contributed by atoms with Crippen LogP contribution in [0.5, 0.6) is 5.75 Å². The monoisotopic (exact) mass is 373 g/mol. The van der Waals surface area contributed by atoms with E-state index in [9.17, 15) is 4.79 Å². The second kappa shape index (κ2) is 10.1. The van der Waals surface area contributed by atoms with Crippen LogP contribution in [0.1, 0.15) is 32.6 Å². The van der Waals surface area contributed by atoms with Crippen molar-refractivity contribution in [1.29, 1.82) is 0 Å². The molecule has 0 aliphatic carbocycles. The molecule has 1 saturated heterocycles. The lowest BCUT2D eigenvalue weighted by Gasteiger charge is -2.32. The van der Waals surface area contributed by atoms with Gasteiger partial charge in [-0.15, -0.1) is 0 Å². The van der Waals surface area contributed by atoms with E-state index < -0.39 is 0 Å². The Hall–Kier alpha value is -0.970. The zero-order valence-corrected chi connectivity index (χ0v) is 15.6. The predicted molar refractivity (Wildman–Crippen MR) is 97.0 cm³/mol. The molecule has 134 valence electrons. The van der Waals surface area contributed by atoms with Gasteiger partial charge in [-0.1, -0.05) is 23.2 Å². The van der Waals surface area contributed by atoms with Gasteiger partial charge in [-0.2, -0.15) is 0 Å². The van der Waals surface area contributed by atoms with Crippen LogP contribution in [0.2, 0.25) is 10.0 Å². The van der Waals surface area contributed by atoms with Gasteiger partial charge < -0.3 is 14.4 Å². The number of nitrogens with zero attached hydrogens (tertiary/aromatic N) is 1. The number of amides is 1. The van der Waals surface area contributed by atoms with E-state index in [0.29, 0.717) is 41.2 Å².